The first-order valence-electron chi connectivity index (χ1n) is 8.47. The number of anilines is 1. The number of thioether (sulfide) groups is 1. The van der Waals surface area contributed by atoms with Crippen molar-refractivity contribution in [1.29, 1.82) is 0 Å². The molecule has 0 fully saturated rings. The molecule has 0 N–H and O–H groups in total. The van der Waals surface area contributed by atoms with Crippen LogP contribution in [-0.2, 0) is 20.7 Å². The monoisotopic (exact) mass is 433 g/mol. The number of aryl methyl sites for hydroxylation is 2. The van der Waals surface area contributed by atoms with Crippen LogP contribution in [0.1, 0.15) is 17.5 Å². The fourth-order valence-corrected chi connectivity index (χ4v) is 4.25. The molecule has 6 heteroatoms. The number of amides is 1. The second kappa shape index (κ2) is 8.73. The molecule has 26 heavy (non-hydrogen) atoms. The number of benzene rings is 2. The number of ether oxygens (including phenoxy) is 1. The Kier molecular flexibility index (Phi) is 6.38. The molecule has 0 radical (unpaired) electrons. The molecule has 0 aromatic heterocycles. The predicted octanol–water partition coefficient (Wildman–Crippen LogP) is 4.37. The zero-order chi connectivity index (χ0) is 18.5. The smallest absolute Gasteiger partial charge is 0.316 e. The molecule has 0 atom stereocenters. The van der Waals surface area contributed by atoms with Gasteiger partial charge in [0.1, 0.15) is 0 Å². The summed E-state index contributed by atoms with van der Waals surface area (Å²) >= 11 is 4.84. The minimum Gasteiger partial charge on any atom is -0.455 e. The van der Waals surface area contributed by atoms with E-state index in [0.29, 0.717) is 6.54 Å². The van der Waals surface area contributed by atoms with Crippen molar-refractivity contribution >= 4 is 45.3 Å². The van der Waals surface area contributed by atoms with Crippen LogP contribution in [0, 0.1) is 6.92 Å². The van der Waals surface area contributed by atoms with Gasteiger partial charge in [-0.05, 0) is 55.2 Å². The average molecular weight is 434 g/mol. The van der Waals surface area contributed by atoms with Crippen molar-refractivity contribution in [2.75, 3.05) is 23.8 Å². The Labute approximate surface area is 166 Å². The Balaban J connectivity index is 1.51. The van der Waals surface area contributed by atoms with Crippen LogP contribution in [0.2, 0.25) is 0 Å². The molecule has 1 heterocycles. The normalized spacial score (nSPS) is 13.2. The van der Waals surface area contributed by atoms with Crippen LogP contribution in [0.3, 0.4) is 0 Å². The summed E-state index contributed by atoms with van der Waals surface area (Å²) in [6, 6.07) is 13.8. The average Bonchev–Trinajstić information content (AvgIpc) is 2.65. The van der Waals surface area contributed by atoms with Crippen LogP contribution in [0.4, 0.5) is 5.69 Å². The van der Waals surface area contributed by atoms with Gasteiger partial charge in [0.05, 0.1) is 5.75 Å². The fourth-order valence-electron chi connectivity index (χ4n) is 2.97. The van der Waals surface area contributed by atoms with Crippen molar-refractivity contribution in [2.24, 2.45) is 0 Å². The molecule has 1 aliphatic rings. The zero-order valence-corrected chi connectivity index (χ0v) is 16.9. The van der Waals surface area contributed by atoms with Gasteiger partial charge in [0, 0.05) is 21.6 Å². The molecule has 0 saturated heterocycles. The standard InChI is InChI=1S/C20H20BrNO3S/c1-14-11-16(21)8-9-18(14)26-13-20(24)25-12-19(23)22-10-4-6-15-5-2-3-7-17(15)22/h2-3,5,7-9,11H,4,6,10,12-13H2,1H3. The number of fused-ring (bicyclic) bond motifs is 1. The van der Waals surface area contributed by atoms with Crippen LogP contribution in [0.15, 0.2) is 51.8 Å². The summed E-state index contributed by atoms with van der Waals surface area (Å²) in [5.74, 6) is -0.363. The summed E-state index contributed by atoms with van der Waals surface area (Å²) in [5.41, 5.74) is 3.19. The molecule has 0 unspecified atom stereocenters. The molecule has 1 amide bonds. The van der Waals surface area contributed by atoms with Gasteiger partial charge in [-0.2, -0.15) is 0 Å². The highest BCUT2D eigenvalue weighted by Crippen LogP contribution is 2.27. The topological polar surface area (TPSA) is 46.6 Å². The predicted molar refractivity (Wildman–Crippen MR) is 108 cm³/mol. The van der Waals surface area contributed by atoms with Gasteiger partial charge in [-0.3, -0.25) is 9.59 Å². The van der Waals surface area contributed by atoms with Gasteiger partial charge in [0.25, 0.3) is 5.91 Å². The SMILES string of the molecule is Cc1cc(Br)ccc1SCC(=O)OCC(=O)N1CCCc2ccccc21. The first-order chi connectivity index (χ1) is 12.5. The minimum atomic E-state index is -0.379. The number of carbonyl (C=O) groups is 2. The molecule has 2 aromatic carbocycles. The van der Waals surface area contributed by atoms with Gasteiger partial charge < -0.3 is 9.64 Å². The minimum absolute atomic E-state index is 0.171. The Morgan fingerprint density at radius 2 is 2.04 bits per heavy atom. The molecule has 0 spiro atoms. The van der Waals surface area contributed by atoms with Gasteiger partial charge in [-0.25, -0.2) is 0 Å². The van der Waals surface area contributed by atoms with Crippen molar-refractivity contribution in [3.63, 3.8) is 0 Å². The third-order valence-corrected chi connectivity index (χ3v) is 5.89. The van der Waals surface area contributed by atoms with Crippen LogP contribution < -0.4 is 4.90 Å². The van der Waals surface area contributed by atoms with Gasteiger partial charge in [0.15, 0.2) is 6.61 Å². The number of esters is 1. The van der Waals surface area contributed by atoms with E-state index in [2.05, 4.69) is 15.9 Å². The van der Waals surface area contributed by atoms with Crippen molar-refractivity contribution in [3.05, 3.63) is 58.1 Å². The van der Waals surface area contributed by atoms with E-state index in [9.17, 15) is 9.59 Å². The summed E-state index contributed by atoms with van der Waals surface area (Å²) in [4.78, 5) is 27.2. The molecule has 1 aliphatic heterocycles. The molecule has 0 aliphatic carbocycles. The molecule has 4 nitrogen and oxygen atoms in total. The number of nitrogens with zero attached hydrogens (tertiary/aromatic N) is 1. The quantitative estimate of drug-likeness (QED) is 0.518. The number of carbonyl (C=O) groups excluding carboxylic acids is 2. The van der Waals surface area contributed by atoms with E-state index in [1.807, 2.05) is 49.4 Å². The molecule has 0 bridgehead atoms. The third-order valence-electron chi connectivity index (χ3n) is 4.25. The lowest BCUT2D eigenvalue weighted by atomic mass is 10.0. The molecular weight excluding hydrogens is 414 g/mol. The van der Waals surface area contributed by atoms with Gasteiger partial charge in [0.2, 0.25) is 0 Å². The van der Waals surface area contributed by atoms with E-state index in [4.69, 9.17) is 4.74 Å². The molecular formula is C20H20BrNO3S. The van der Waals surface area contributed by atoms with Crippen LogP contribution in [0.5, 0.6) is 0 Å². The van der Waals surface area contributed by atoms with E-state index in [0.717, 1.165) is 33.5 Å². The molecule has 3 rings (SSSR count). The highest BCUT2D eigenvalue weighted by Gasteiger charge is 2.23. The number of halogens is 1. The zero-order valence-electron chi connectivity index (χ0n) is 14.5. The van der Waals surface area contributed by atoms with E-state index in [-0.39, 0.29) is 24.2 Å². The summed E-state index contributed by atoms with van der Waals surface area (Å²) < 4.78 is 6.21. The van der Waals surface area contributed by atoms with Gasteiger partial charge >= 0.3 is 5.97 Å². The summed E-state index contributed by atoms with van der Waals surface area (Å²) in [7, 11) is 0. The van der Waals surface area contributed by atoms with E-state index in [1.165, 1.54) is 17.3 Å². The number of hydrogen-bond donors (Lipinski definition) is 0. The molecule has 136 valence electrons. The maximum absolute atomic E-state index is 12.5. The van der Waals surface area contributed by atoms with Crippen LogP contribution >= 0.6 is 27.7 Å². The highest BCUT2D eigenvalue weighted by molar-refractivity contribution is 9.10. The first kappa shape index (κ1) is 19.0. The number of hydrogen-bond acceptors (Lipinski definition) is 4. The maximum Gasteiger partial charge on any atom is 0.316 e. The summed E-state index contributed by atoms with van der Waals surface area (Å²) in [5, 5.41) is 0. The molecule has 2 aromatic rings. The Morgan fingerprint density at radius 1 is 1.23 bits per heavy atom. The van der Waals surface area contributed by atoms with Crippen LogP contribution in [0.25, 0.3) is 0 Å². The maximum atomic E-state index is 12.5. The third kappa shape index (κ3) is 4.68. The molecule has 0 saturated carbocycles. The van der Waals surface area contributed by atoms with Crippen molar-refractivity contribution < 1.29 is 14.3 Å². The van der Waals surface area contributed by atoms with E-state index < -0.39 is 0 Å². The Morgan fingerprint density at radius 3 is 2.85 bits per heavy atom. The lowest BCUT2D eigenvalue weighted by Gasteiger charge is -2.29. The first-order valence-corrected chi connectivity index (χ1v) is 10.3. The lowest BCUT2D eigenvalue weighted by molar-refractivity contribution is -0.145. The Bertz CT molecular complexity index is 824. The van der Waals surface area contributed by atoms with E-state index in [1.54, 1.807) is 4.90 Å². The lowest BCUT2D eigenvalue weighted by Crippen LogP contribution is -2.38. The van der Waals surface area contributed by atoms with E-state index >= 15 is 0 Å². The van der Waals surface area contributed by atoms with Crippen molar-refractivity contribution in [2.45, 2.75) is 24.7 Å². The number of rotatable bonds is 5. The second-order valence-electron chi connectivity index (χ2n) is 6.14. The number of para-hydroxylation sites is 1. The summed E-state index contributed by atoms with van der Waals surface area (Å²) in [6.07, 6.45) is 1.90. The Hall–Kier alpha value is -1.79. The largest absolute Gasteiger partial charge is 0.455 e. The highest BCUT2D eigenvalue weighted by atomic mass is 79.9. The van der Waals surface area contributed by atoms with Crippen molar-refractivity contribution in [3.8, 4) is 0 Å². The van der Waals surface area contributed by atoms with Gasteiger partial charge in [-0.15, -0.1) is 11.8 Å². The fraction of sp³-hybridized carbons (Fsp3) is 0.300. The van der Waals surface area contributed by atoms with Crippen LogP contribution in [-0.4, -0.2) is 30.8 Å². The van der Waals surface area contributed by atoms with Crippen molar-refractivity contribution in [1.82, 2.24) is 0 Å². The summed E-state index contributed by atoms with van der Waals surface area (Å²) in [6.45, 7) is 2.45. The van der Waals surface area contributed by atoms with Gasteiger partial charge in [-0.1, -0.05) is 34.1 Å². The second-order valence-corrected chi connectivity index (χ2v) is 8.07.